The van der Waals surface area contributed by atoms with Gasteiger partial charge >= 0.3 is 0 Å². The number of hydrogen-bond acceptors (Lipinski definition) is 3. The van der Waals surface area contributed by atoms with Crippen molar-refractivity contribution in [1.82, 2.24) is 15.0 Å². The molecule has 0 aliphatic carbocycles. The van der Waals surface area contributed by atoms with Gasteiger partial charge in [0.25, 0.3) is 0 Å². The monoisotopic (exact) mass is 311 g/mol. The van der Waals surface area contributed by atoms with Gasteiger partial charge in [-0.15, -0.1) is 0 Å². The predicted molar refractivity (Wildman–Crippen MR) is 72.1 cm³/mol. The van der Waals surface area contributed by atoms with E-state index in [0.717, 1.165) is 27.8 Å². The van der Waals surface area contributed by atoms with Crippen LogP contribution in [0.2, 0.25) is 5.15 Å². The lowest BCUT2D eigenvalue weighted by atomic mass is 10.2. The molecule has 0 aromatic carbocycles. The third kappa shape index (κ3) is 2.48. The van der Waals surface area contributed by atoms with Crippen LogP contribution >= 0.6 is 27.5 Å². The normalized spacial score (nSPS) is 10.6. The SMILES string of the molecule is CCc1nc(-c2ncccc2C)nc(Cl)c1Br. The van der Waals surface area contributed by atoms with Gasteiger partial charge in [0.15, 0.2) is 5.82 Å². The largest absolute Gasteiger partial charge is 0.253 e. The molecule has 0 N–H and O–H groups in total. The van der Waals surface area contributed by atoms with Crippen molar-refractivity contribution in [2.24, 2.45) is 0 Å². The van der Waals surface area contributed by atoms with E-state index in [4.69, 9.17) is 11.6 Å². The summed E-state index contributed by atoms with van der Waals surface area (Å²) in [6.07, 6.45) is 2.52. The third-order valence-electron chi connectivity index (χ3n) is 2.44. The minimum atomic E-state index is 0.428. The molecule has 0 amide bonds. The molecule has 0 atom stereocenters. The Labute approximate surface area is 113 Å². The van der Waals surface area contributed by atoms with Crippen molar-refractivity contribution in [3.63, 3.8) is 0 Å². The topological polar surface area (TPSA) is 38.7 Å². The fourth-order valence-electron chi connectivity index (χ4n) is 1.52. The highest BCUT2D eigenvalue weighted by Gasteiger charge is 2.12. The summed E-state index contributed by atoms with van der Waals surface area (Å²) < 4.78 is 0.763. The zero-order chi connectivity index (χ0) is 12.4. The minimum absolute atomic E-state index is 0.428. The van der Waals surface area contributed by atoms with Crippen molar-refractivity contribution in [2.75, 3.05) is 0 Å². The standard InChI is InChI=1S/C12H11BrClN3/c1-3-8-9(13)11(14)17-12(16-8)10-7(2)5-4-6-15-10/h4-6H,3H2,1-2H3. The summed E-state index contributed by atoms with van der Waals surface area (Å²) in [4.78, 5) is 13.0. The summed E-state index contributed by atoms with van der Waals surface area (Å²) in [6.45, 7) is 4.01. The average Bonchev–Trinajstić information content (AvgIpc) is 2.33. The van der Waals surface area contributed by atoms with Crippen molar-refractivity contribution < 1.29 is 0 Å². The summed E-state index contributed by atoms with van der Waals surface area (Å²) in [7, 11) is 0. The first-order valence-electron chi connectivity index (χ1n) is 5.27. The zero-order valence-electron chi connectivity index (χ0n) is 9.54. The molecule has 2 heterocycles. The first-order valence-corrected chi connectivity index (χ1v) is 6.44. The van der Waals surface area contributed by atoms with Crippen LogP contribution in [-0.2, 0) is 6.42 Å². The molecule has 0 radical (unpaired) electrons. The number of aromatic nitrogens is 3. The molecule has 0 saturated carbocycles. The second-order valence-electron chi connectivity index (χ2n) is 3.62. The van der Waals surface area contributed by atoms with Crippen LogP contribution in [0.5, 0.6) is 0 Å². The summed E-state index contributed by atoms with van der Waals surface area (Å²) in [6, 6.07) is 3.87. The molecule has 17 heavy (non-hydrogen) atoms. The number of halogens is 2. The lowest BCUT2D eigenvalue weighted by Crippen LogP contribution is -2.00. The molecule has 0 aliphatic rings. The summed E-state index contributed by atoms with van der Waals surface area (Å²) in [5, 5.41) is 0.428. The quantitative estimate of drug-likeness (QED) is 0.791. The number of nitrogens with zero attached hydrogens (tertiary/aromatic N) is 3. The molecule has 2 rings (SSSR count). The van der Waals surface area contributed by atoms with Crippen LogP contribution in [0.25, 0.3) is 11.5 Å². The van der Waals surface area contributed by atoms with E-state index < -0.39 is 0 Å². The van der Waals surface area contributed by atoms with Gasteiger partial charge in [0.05, 0.1) is 10.2 Å². The van der Waals surface area contributed by atoms with Crippen molar-refractivity contribution in [3.05, 3.63) is 39.2 Å². The first kappa shape index (κ1) is 12.5. The predicted octanol–water partition coefficient (Wildman–Crippen LogP) is 3.83. The van der Waals surface area contributed by atoms with E-state index in [2.05, 4.69) is 30.9 Å². The maximum Gasteiger partial charge on any atom is 0.180 e. The Morgan fingerprint density at radius 1 is 1.35 bits per heavy atom. The van der Waals surface area contributed by atoms with Gasteiger partial charge < -0.3 is 0 Å². The number of pyridine rings is 1. The molecule has 0 bridgehead atoms. The summed E-state index contributed by atoms with van der Waals surface area (Å²) in [5.74, 6) is 0.577. The van der Waals surface area contributed by atoms with E-state index >= 15 is 0 Å². The van der Waals surface area contributed by atoms with Gasteiger partial charge in [-0.25, -0.2) is 9.97 Å². The number of rotatable bonds is 2. The van der Waals surface area contributed by atoms with E-state index in [1.165, 1.54) is 0 Å². The van der Waals surface area contributed by atoms with Crippen LogP contribution in [0, 0.1) is 6.92 Å². The fourth-order valence-corrected chi connectivity index (χ4v) is 2.17. The van der Waals surface area contributed by atoms with Gasteiger partial charge in [0.1, 0.15) is 10.8 Å². The summed E-state index contributed by atoms with van der Waals surface area (Å²) >= 11 is 9.46. The van der Waals surface area contributed by atoms with Crippen molar-refractivity contribution in [2.45, 2.75) is 20.3 Å². The number of aryl methyl sites for hydroxylation is 2. The highest BCUT2D eigenvalue weighted by atomic mass is 79.9. The van der Waals surface area contributed by atoms with Gasteiger partial charge in [-0.1, -0.05) is 24.6 Å². The van der Waals surface area contributed by atoms with Crippen LogP contribution in [0.3, 0.4) is 0 Å². The second-order valence-corrected chi connectivity index (χ2v) is 4.77. The van der Waals surface area contributed by atoms with Crippen LogP contribution in [0.15, 0.2) is 22.8 Å². The maximum atomic E-state index is 6.07. The van der Waals surface area contributed by atoms with E-state index in [1.807, 2.05) is 26.0 Å². The van der Waals surface area contributed by atoms with E-state index in [9.17, 15) is 0 Å². The Hall–Kier alpha value is -1.00. The van der Waals surface area contributed by atoms with Crippen LogP contribution in [0.1, 0.15) is 18.2 Å². The van der Waals surface area contributed by atoms with E-state index in [1.54, 1.807) is 6.20 Å². The molecule has 0 saturated heterocycles. The van der Waals surface area contributed by atoms with Crippen molar-refractivity contribution in [3.8, 4) is 11.5 Å². The minimum Gasteiger partial charge on any atom is -0.253 e. The molecular weight excluding hydrogens is 302 g/mol. The first-order chi connectivity index (χ1) is 8.13. The van der Waals surface area contributed by atoms with E-state index in [0.29, 0.717) is 11.0 Å². The Morgan fingerprint density at radius 3 is 2.76 bits per heavy atom. The van der Waals surface area contributed by atoms with Gasteiger partial charge in [-0.3, -0.25) is 4.98 Å². The Balaban J connectivity index is 2.61. The molecule has 3 nitrogen and oxygen atoms in total. The Morgan fingerprint density at radius 2 is 2.12 bits per heavy atom. The highest BCUT2D eigenvalue weighted by molar-refractivity contribution is 9.10. The fraction of sp³-hybridized carbons (Fsp3) is 0.250. The second kappa shape index (κ2) is 5.10. The maximum absolute atomic E-state index is 6.07. The van der Waals surface area contributed by atoms with Gasteiger partial charge in [-0.05, 0) is 40.9 Å². The molecule has 2 aromatic rings. The van der Waals surface area contributed by atoms with Crippen molar-refractivity contribution in [1.29, 1.82) is 0 Å². The molecule has 0 spiro atoms. The lowest BCUT2D eigenvalue weighted by Gasteiger charge is -2.07. The Bertz CT molecular complexity index is 557. The molecule has 0 unspecified atom stereocenters. The molecular formula is C12H11BrClN3. The third-order valence-corrected chi connectivity index (χ3v) is 3.77. The number of hydrogen-bond donors (Lipinski definition) is 0. The lowest BCUT2D eigenvalue weighted by molar-refractivity contribution is 0.981. The Kier molecular flexibility index (Phi) is 3.74. The van der Waals surface area contributed by atoms with Crippen LogP contribution < -0.4 is 0 Å². The smallest absolute Gasteiger partial charge is 0.180 e. The molecule has 2 aromatic heterocycles. The van der Waals surface area contributed by atoms with Crippen LogP contribution in [0.4, 0.5) is 0 Å². The van der Waals surface area contributed by atoms with Gasteiger partial charge in [0.2, 0.25) is 0 Å². The van der Waals surface area contributed by atoms with E-state index in [-0.39, 0.29) is 0 Å². The van der Waals surface area contributed by atoms with Gasteiger partial charge in [0, 0.05) is 6.20 Å². The van der Waals surface area contributed by atoms with Crippen molar-refractivity contribution >= 4 is 27.5 Å². The van der Waals surface area contributed by atoms with Gasteiger partial charge in [-0.2, -0.15) is 0 Å². The average molecular weight is 313 g/mol. The summed E-state index contributed by atoms with van der Waals surface area (Å²) in [5.41, 5.74) is 2.70. The molecule has 5 heteroatoms. The van der Waals surface area contributed by atoms with Crippen LogP contribution in [-0.4, -0.2) is 15.0 Å². The molecule has 0 aliphatic heterocycles. The molecule has 88 valence electrons. The molecule has 0 fully saturated rings. The highest BCUT2D eigenvalue weighted by Crippen LogP contribution is 2.27. The zero-order valence-corrected chi connectivity index (χ0v) is 11.9.